The summed E-state index contributed by atoms with van der Waals surface area (Å²) < 4.78 is 28.1. The molecule has 1 rings (SSSR count). The minimum absolute atomic E-state index is 0.117. The molecule has 0 unspecified atom stereocenters. The maximum Gasteiger partial charge on any atom is 0.323 e. The molecule has 1 aromatic rings. The van der Waals surface area contributed by atoms with Crippen LogP contribution in [0.1, 0.15) is 51.0 Å². The lowest BCUT2D eigenvalue weighted by atomic mass is 10.1. The lowest BCUT2D eigenvalue weighted by Gasteiger charge is -2.05. The average Bonchev–Trinajstić information content (AvgIpc) is 2.42. The van der Waals surface area contributed by atoms with Crippen molar-refractivity contribution in [2.75, 3.05) is 6.61 Å². The monoisotopic (exact) mass is 300 g/mol. The zero-order valence-electron chi connectivity index (χ0n) is 12.3. The Bertz CT molecular complexity index is 465. The summed E-state index contributed by atoms with van der Waals surface area (Å²) in [6.07, 6.45) is 6.69. The Kier molecular flexibility index (Phi) is 7.80. The molecule has 114 valence electrons. The summed E-state index contributed by atoms with van der Waals surface area (Å²) in [4.78, 5) is 4.92. The second-order valence-electron chi connectivity index (χ2n) is 4.92. The first-order valence-corrected chi connectivity index (χ1v) is 8.60. The first kappa shape index (κ1) is 17.1. The maximum atomic E-state index is 11.8. The Labute approximate surface area is 122 Å². The second-order valence-corrected chi connectivity index (χ2v) is 6.44. The van der Waals surface area contributed by atoms with Crippen LogP contribution in [0.2, 0.25) is 0 Å². The highest BCUT2D eigenvalue weighted by atomic mass is 32.2. The van der Waals surface area contributed by atoms with Crippen molar-refractivity contribution in [1.82, 2.24) is 0 Å². The van der Waals surface area contributed by atoms with Crippen LogP contribution in [0.5, 0.6) is 0 Å². The number of hydrogen-bond donors (Lipinski definition) is 0. The van der Waals surface area contributed by atoms with Crippen LogP contribution >= 0.6 is 0 Å². The third-order valence-electron chi connectivity index (χ3n) is 3.03. The highest BCUT2D eigenvalue weighted by Crippen LogP contribution is 2.14. The van der Waals surface area contributed by atoms with Crippen LogP contribution in [0.15, 0.2) is 29.2 Å². The lowest BCUT2D eigenvalue weighted by Crippen LogP contribution is -2.08. The fraction of sp³-hybridized carbons (Fsp3) is 0.600. The van der Waals surface area contributed by atoms with E-state index in [4.69, 9.17) is 4.89 Å². The van der Waals surface area contributed by atoms with Crippen LogP contribution in [0.3, 0.4) is 0 Å². The van der Waals surface area contributed by atoms with E-state index < -0.39 is 10.1 Å². The van der Waals surface area contributed by atoms with Gasteiger partial charge in [0.15, 0.2) is 0 Å². The largest absolute Gasteiger partial charge is 0.323 e. The zero-order valence-corrected chi connectivity index (χ0v) is 13.1. The third-order valence-corrected chi connectivity index (χ3v) is 4.15. The molecule has 0 amide bonds. The minimum atomic E-state index is -3.80. The Morgan fingerprint density at radius 1 is 0.950 bits per heavy atom. The molecule has 0 saturated carbocycles. The Morgan fingerprint density at radius 3 is 2.20 bits per heavy atom. The van der Waals surface area contributed by atoms with Crippen molar-refractivity contribution in [2.24, 2.45) is 0 Å². The van der Waals surface area contributed by atoms with Crippen molar-refractivity contribution in [3.8, 4) is 0 Å². The Hall–Kier alpha value is -0.910. The number of unbranched alkanes of at least 4 members (excludes halogenated alkanes) is 5. The van der Waals surface area contributed by atoms with Gasteiger partial charge in [-0.25, -0.2) is 4.89 Å². The van der Waals surface area contributed by atoms with Gasteiger partial charge < -0.3 is 0 Å². The fourth-order valence-corrected chi connectivity index (χ4v) is 2.53. The van der Waals surface area contributed by atoms with E-state index >= 15 is 0 Å². The quantitative estimate of drug-likeness (QED) is 0.372. The molecule has 1 aromatic carbocycles. The van der Waals surface area contributed by atoms with E-state index in [9.17, 15) is 8.42 Å². The molecule has 0 N–H and O–H groups in total. The number of rotatable bonds is 10. The molecule has 4 nitrogen and oxygen atoms in total. The Balaban J connectivity index is 2.22. The van der Waals surface area contributed by atoms with E-state index in [1.54, 1.807) is 12.1 Å². The molecule has 0 atom stereocenters. The summed E-state index contributed by atoms with van der Waals surface area (Å²) in [5.41, 5.74) is 0.997. The molecule has 0 aliphatic heterocycles. The highest BCUT2D eigenvalue weighted by molar-refractivity contribution is 7.86. The van der Waals surface area contributed by atoms with Gasteiger partial charge in [0.1, 0.15) is 0 Å². The van der Waals surface area contributed by atoms with Gasteiger partial charge in [-0.1, -0.05) is 56.7 Å². The molecule has 0 radical (unpaired) electrons. The molecule has 0 spiro atoms. The average molecular weight is 300 g/mol. The van der Waals surface area contributed by atoms with Crippen molar-refractivity contribution >= 4 is 10.1 Å². The van der Waals surface area contributed by atoms with E-state index in [1.807, 2.05) is 6.92 Å². The third kappa shape index (κ3) is 6.50. The maximum absolute atomic E-state index is 11.8. The fourth-order valence-electron chi connectivity index (χ4n) is 1.78. The van der Waals surface area contributed by atoms with Crippen LogP contribution in [-0.4, -0.2) is 15.0 Å². The molecular formula is C15H24O4S. The van der Waals surface area contributed by atoms with Crippen molar-refractivity contribution in [3.05, 3.63) is 29.8 Å². The zero-order chi connectivity index (χ0) is 14.8. The van der Waals surface area contributed by atoms with Gasteiger partial charge in [0, 0.05) is 0 Å². The molecule has 0 bridgehead atoms. The molecule has 0 saturated heterocycles. The molecule has 5 heteroatoms. The summed E-state index contributed by atoms with van der Waals surface area (Å²) in [7, 11) is -3.80. The van der Waals surface area contributed by atoms with Gasteiger partial charge in [-0.3, -0.25) is 0 Å². The summed E-state index contributed by atoms with van der Waals surface area (Å²) in [6.45, 7) is 4.37. The van der Waals surface area contributed by atoms with Crippen LogP contribution in [0.4, 0.5) is 0 Å². The SMILES string of the molecule is CCCCCCCCOOS(=O)(=O)c1ccc(C)cc1. The van der Waals surface area contributed by atoms with Gasteiger partial charge in [0.25, 0.3) is 0 Å². The van der Waals surface area contributed by atoms with E-state index in [0.29, 0.717) is 6.61 Å². The summed E-state index contributed by atoms with van der Waals surface area (Å²) >= 11 is 0. The number of benzene rings is 1. The topological polar surface area (TPSA) is 52.6 Å². The number of aryl methyl sites for hydroxylation is 1. The van der Waals surface area contributed by atoms with Gasteiger partial charge in [-0.2, -0.15) is 8.42 Å². The Morgan fingerprint density at radius 2 is 1.55 bits per heavy atom. The van der Waals surface area contributed by atoms with Crippen molar-refractivity contribution < 1.29 is 17.6 Å². The van der Waals surface area contributed by atoms with Gasteiger partial charge in [-0.15, -0.1) is 4.33 Å². The van der Waals surface area contributed by atoms with Crippen LogP contribution in [0, 0.1) is 6.92 Å². The predicted octanol–water partition coefficient (Wildman–Crippen LogP) is 3.99. The molecule has 0 fully saturated rings. The summed E-state index contributed by atoms with van der Waals surface area (Å²) in [6, 6.07) is 6.48. The number of hydrogen-bond acceptors (Lipinski definition) is 4. The van der Waals surface area contributed by atoms with Crippen LogP contribution < -0.4 is 0 Å². The van der Waals surface area contributed by atoms with E-state index in [-0.39, 0.29) is 4.90 Å². The summed E-state index contributed by atoms with van der Waals surface area (Å²) in [5.74, 6) is 0. The van der Waals surface area contributed by atoms with Gasteiger partial charge >= 0.3 is 10.1 Å². The van der Waals surface area contributed by atoms with E-state index in [1.165, 1.54) is 31.4 Å². The van der Waals surface area contributed by atoms with Crippen LogP contribution in [0.25, 0.3) is 0 Å². The van der Waals surface area contributed by atoms with E-state index in [0.717, 1.165) is 24.8 Å². The predicted molar refractivity (Wildman–Crippen MR) is 78.8 cm³/mol. The molecule has 0 aromatic heterocycles. The van der Waals surface area contributed by atoms with Gasteiger partial charge in [0.05, 0.1) is 11.5 Å². The lowest BCUT2D eigenvalue weighted by molar-refractivity contribution is -0.202. The molecule has 0 heterocycles. The molecule has 0 aliphatic rings. The first-order chi connectivity index (χ1) is 9.56. The smallest absolute Gasteiger partial charge is 0.220 e. The van der Waals surface area contributed by atoms with Crippen molar-refractivity contribution in [3.63, 3.8) is 0 Å². The van der Waals surface area contributed by atoms with Gasteiger partial charge in [-0.05, 0) is 25.5 Å². The second kappa shape index (κ2) is 9.10. The van der Waals surface area contributed by atoms with Crippen LogP contribution in [-0.2, 0) is 19.3 Å². The first-order valence-electron chi connectivity index (χ1n) is 7.19. The van der Waals surface area contributed by atoms with Crippen molar-refractivity contribution in [1.29, 1.82) is 0 Å². The highest BCUT2D eigenvalue weighted by Gasteiger charge is 2.15. The molecular weight excluding hydrogens is 276 g/mol. The summed E-state index contributed by atoms with van der Waals surface area (Å²) in [5, 5.41) is 0. The van der Waals surface area contributed by atoms with Crippen molar-refractivity contribution in [2.45, 2.75) is 57.3 Å². The molecule has 20 heavy (non-hydrogen) atoms. The molecule has 0 aliphatic carbocycles. The minimum Gasteiger partial charge on any atom is -0.220 e. The standard InChI is InChI=1S/C15H24O4S/c1-3-4-5-6-7-8-13-18-19-20(16,17)15-11-9-14(2)10-12-15/h9-12H,3-8,13H2,1-2H3. The van der Waals surface area contributed by atoms with Gasteiger partial charge in [0.2, 0.25) is 0 Å². The van der Waals surface area contributed by atoms with E-state index in [2.05, 4.69) is 11.3 Å². The normalized spacial score (nSPS) is 11.7.